The van der Waals surface area contributed by atoms with Crippen molar-refractivity contribution in [2.45, 2.75) is 18.2 Å². The quantitative estimate of drug-likeness (QED) is 0.577. The lowest BCUT2D eigenvalue weighted by Gasteiger charge is -2.09. The van der Waals surface area contributed by atoms with E-state index in [1.165, 1.54) is 12.1 Å². The van der Waals surface area contributed by atoms with Crippen molar-refractivity contribution in [1.29, 1.82) is 0 Å². The molecule has 0 fully saturated rings. The Hall–Kier alpha value is -1.18. The largest absolute Gasteiger partial charge is 0.398 e. The van der Waals surface area contributed by atoms with E-state index in [4.69, 9.17) is 10.5 Å². The lowest BCUT2D eigenvalue weighted by molar-refractivity contribution is 0.146. The summed E-state index contributed by atoms with van der Waals surface area (Å²) in [5, 5.41) is 0. The minimum atomic E-state index is -3.91. The van der Waals surface area contributed by atoms with Gasteiger partial charge in [0, 0.05) is 19.8 Å². The van der Waals surface area contributed by atoms with Crippen LogP contribution in [0.4, 0.5) is 10.1 Å². The Kier molecular flexibility index (Phi) is 5.52. The first kappa shape index (κ1) is 14.9. The molecule has 7 heteroatoms. The van der Waals surface area contributed by atoms with Gasteiger partial charge in [-0.2, -0.15) is 0 Å². The van der Waals surface area contributed by atoms with E-state index in [0.717, 1.165) is 6.07 Å². The van der Waals surface area contributed by atoms with Crippen LogP contribution in [0, 0.1) is 5.82 Å². The minimum absolute atomic E-state index is 0.104. The lowest BCUT2D eigenvalue weighted by Crippen LogP contribution is -2.27. The average Bonchev–Trinajstić information content (AvgIpc) is 2.28. The molecule has 0 aliphatic rings. The normalized spacial score (nSPS) is 11.7. The van der Waals surface area contributed by atoms with Crippen molar-refractivity contribution in [3.8, 4) is 0 Å². The van der Waals surface area contributed by atoms with E-state index < -0.39 is 20.7 Å². The van der Waals surface area contributed by atoms with Gasteiger partial charge in [-0.05, 0) is 25.5 Å². The zero-order valence-corrected chi connectivity index (χ0v) is 11.0. The van der Waals surface area contributed by atoms with Gasteiger partial charge in [0.2, 0.25) is 10.0 Å². The summed E-state index contributed by atoms with van der Waals surface area (Å²) in [6, 6.07) is 3.77. The Balaban J connectivity index is 2.69. The first-order valence-corrected chi connectivity index (χ1v) is 7.08. The highest BCUT2D eigenvalue weighted by molar-refractivity contribution is 7.89. The topological polar surface area (TPSA) is 81.4 Å². The summed E-state index contributed by atoms with van der Waals surface area (Å²) < 4.78 is 44.5. The first-order valence-electron chi connectivity index (χ1n) is 5.60. The molecular weight excluding hydrogens is 259 g/mol. The SMILES string of the molecule is CCOCCCNS(=O)(=O)c1c(N)cccc1F. The molecule has 1 rings (SSSR count). The summed E-state index contributed by atoms with van der Waals surface area (Å²) in [6.45, 7) is 3.05. The van der Waals surface area contributed by atoms with Crippen LogP contribution in [0.3, 0.4) is 0 Å². The molecule has 1 aromatic rings. The second-order valence-electron chi connectivity index (χ2n) is 3.61. The van der Waals surface area contributed by atoms with E-state index in [1.54, 1.807) is 0 Å². The highest BCUT2D eigenvalue weighted by atomic mass is 32.2. The Morgan fingerprint density at radius 3 is 2.78 bits per heavy atom. The third-order valence-corrected chi connectivity index (χ3v) is 3.78. The number of nitrogens with one attached hydrogen (secondary N) is 1. The lowest BCUT2D eigenvalue weighted by atomic mass is 10.3. The van der Waals surface area contributed by atoms with Crippen LogP contribution in [0.15, 0.2) is 23.1 Å². The molecule has 0 bridgehead atoms. The highest BCUT2D eigenvalue weighted by Crippen LogP contribution is 2.21. The van der Waals surface area contributed by atoms with Crippen molar-refractivity contribution in [3.05, 3.63) is 24.0 Å². The molecule has 0 unspecified atom stereocenters. The minimum Gasteiger partial charge on any atom is -0.398 e. The zero-order chi connectivity index (χ0) is 13.6. The van der Waals surface area contributed by atoms with E-state index >= 15 is 0 Å². The predicted octanol–water partition coefficient (Wildman–Crippen LogP) is 1.11. The molecule has 18 heavy (non-hydrogen) atoms. The molecule has 1 aromatic carbocycles. The van der Waals surface area contributed by atoms with Gasteiger partial charge < -0.3 is 10.5 Å². The number of anilines is 1. The molecule has 0 aliphatic heterocycles. The Bertz CT molecular complexity index is 471. The fourth-order valence-corrected chi connectivity index (χ4v) is 2.67. The van der Waals surface area contributed by atoms with Crippen molar-refractivity contribution < 1.29 is 17.5 Å². The van der Waals surface area contributed by atoms with Gasteiger partial charge in [0.1, 0.15) is 10.7 Å². The summed E-state index contributed by atoms with van der Waals surface area (Å²) >= 11 is 0. The second-order valence-corrected chi connectivity index (χ2v) is 5.31. The molecule has 0 saturated carbocycles. The molecule has 0 heterocycles. The van der Waals surface area contributed by atoms with Gasteiger partial charge in [0.05, 0.1) is 5.69 Å². The number of sulfonamides is 1. The Labute approximate surface area is 106 Å². The summed E-state index contributed by atoms with van der Waals surface area (Å²) in [6.07, 6.45) is 0.515. The van der Waals surface area contributed by atoms with E-state index in [2.05, 4.69) is 4.72 Å². The van der Waals surface area contributed by atoms with Gasteiger partial charge in [-0.25, -0.2) is 17.5 Å². The second kappa shape index (κ2) is 6.67. The number of nitrogen functional groups attached to an aromatic ring is 1. The molecule has 0 radical (unpaired) electrons. The first-order chi connectivity index (χ1) is 8.49. The summed E-state index contributed by atoms with van der Waals surface area (Å²) in [4.78, 5) is -0.499. The van der Waals surface area contributed by atoms with Gasteiger partial charge in [0.15, 0.2) is 0 Å². The van der Waals surface area contributed by atoms with Gasteiger partial charge in [-0.1, -0.05) is 6.07 Å². The molecule has 0 aromatic heterocycles. The molecule has 0 saturated heterocycles. The fourth-order valence-electron chi connectivity index (χ4n) is 1.41. The molecular formula is C11H17FN2O3S. The van der Waals surface area contributed by atoms with Crippen LogP contribution in [0.2, 0.25) is 0 Å². The molecule has 5 nitrogen and oxygen atoms in total. The third kappa shape index (κ3) is 3.94. The number of benzene rings is 1. The van der Waals surface area contributed by atoms with Crippen LogP contribution in [0.25, 0.3) is 0 Å². The molecule has 3 N–H and O–H groups in total. The van der Waals surface area contributed by atoms with Crippen LogP contribution < -0.4 is 10.5 Å². The van der Waals surface area contributed by atoms with Crippen molar-refractivity contribution in [1.82, 2.24) is 4.72 Å². The fraction of sp³-hybridized carbons (Fsp3) is 0.455. The van der Waals surface area contributed by atoms with Crippen molar-refractivity contribution in [3.63, 3.8) is 0 Å². The van der Waals surface area contributed by atoms with E-state index in [0.29, 0.717) is 19.6 Å². The molecule has 102 valence electrons. The monoisotopic (exact) mass is 276 g/mol. The van der Waals surface area contributed by atoms with Gasteiger partial charge in [0.25, 0.3) is 0 Å². The maximum Gasteiger partial charge on any atom is 0.245 e. The van der Waals surface area contributed by atoms with Gasteiger partial charge in [-0.3, -0.25) is 0 Å². The summed E-state index contributed by atoms with van der Waals surface area (Å²) in [5.41, 5.74) is 5.37. The Morgan fingerprint density at radius 1 is 1.44 bits per heavy atom. The third-order valence-electron chi connectivity index (χ3n) is 2.23. The number of ether oxygens (including phenoxy) is 1. The molecule has 0 spiro atoms. The molecule has 0 aliphatic carbocycles. The van der Waals surface area contributed by atoms with E-state index in [1.807, 2.05) is 6.92 Å². The van der Waals surface area contributed by atoms with Gasteiger partial charge in [-0.15, -0.1) is 0 Å². The summed E-state index contributed by atoms with van der Waals surface area (Å²) in [5.74, 6) is -0.854. The van der Waals surface area contributed by atoms with Gasteiger partial charge >= 0.3 is 0 Å². The van der Waals surface area contributed by atoms with E-state index in [-0.39, 0.29) is 12.2 Å². The van der Waals surface area contributed by atoms with Crippen LogP contribution in [-0.4, -0.2) is 28.2 Å². The van der Waals surface area contributed by atoms with E-state index in [9.17, 15) is 12.8 Å². The number of halogens is 1. The number of hydrogen-bond acceptors (Lipinski definition) is 4. The maximum atomic E-state index is 13.5. The zero-order valence-electron chi connectivity index (χ0n) is 10.1. The number of nitrogens with two attached hydrogens (primary N) is 1. The van der Waals surface area contributed by atoms with Crippen LogP contribution in [0.5, 0.6) is 0 Å². The maximum absolute atomic E-state index is 13.5. The van der Waals surface area contributed by atoms with Crippen molar-refractivity contribution in [2.24, 2.45) is 0 Å². The summed E-state index contributed by atoms with van der Waals surface area (Å²) in [7, 11) is -3.91. The van der Waals surface area contributed by atoms with Crippen LogP contribution >= 0.6 is 0 Å². The molecule has 0 amide bonds. The predicted molar refractivity (Wildman–Crippen MR) is 67.1 cm³/mol. The standard InChI is InChI=1S/C11H17FN2O3S/c1-2-17-8-4-7-14-18(15,16)11-9(12)5-3-6-10(11)13/h3,5-6,14H,2,4,7-8,13H2,1H3. The number of rotatable bonds is 7. The Morgan fingerprint density at radius 2 is 2.17 bits per heavy atom. The van der Waals surface area contributed by atoms with Crippen LogP contribution in [-0.2, 0) is 14.8 Å². The molecule has 0 atom stereocenters. The van der Waals surface area contributed by atoms with Crippen molar-refractivity contribution in [2.75, 3.05) is 25.5 Å². The average molecular weight is 276 g/mol. The number of hydrogen-bond donors (Lipinski definition) is 2. The van der Waals surface area contributed by atoms with Crippen molar-refractivity contribution >= 4 is 15.7 Å². The smallest absolute Gasteiger partial charge is 0.245 e. The van der Waals surface area contributed by atoms with Crippen LogP contribution in [0.1, 0.15) is 13.3 Å². The highest BCUT2D eigenvalue weighted by Gasteiger charge is 2.21.